The zero-order valence-electron chi connectivity index (χ0n) is 9.48. The van der Waals surface area contributed by atoms with E-state index >= 15 is 0 Å². The lowest BCUT2D eigenvalue weighted by molar-refractivity contribution is -0.124. The first-order valence-corrected chi connectivity index (χ1v) is 5.90. The Labute approximate surface area is 99.4 Å². The SMILES string of the molecule is NC(=O)C1Cc2cccc3c2N1C(=O)CCC3. The van der Waals surface area contributed by atoms with Gasteiger partial charge in [0.2, 0.25) is 11.8 Å². The highest BCUT2D eigenvalue weighted by molar-refractivity contribution is 6.04. The monoisotopic (exact) mass is 230 g/mol. The van der Waals surface area contributed by atoms with Gasteiger partial charge in [0.1, 0.15) is 6.04 Å². The van der Waals surface area contributed by atoms with Crippen LogP contribution in [0.5, 0.6) is 0 Å². The fourth-order valence-corrected chi connectivity index (χ4v) is 2.85. The van der Waals surface area contributed by atoms with Crippen LogP contribution in [0.2, 0.25) is 0 Å². The van der Waals surface area contributed by atoms with Crippen LogP contribution in [-0.4, -0.2) is 17.9 Å². The van der Waals surface area contributed by atoms with Gasteiger partial charge >= 0.3 is 0 Å². The molecule has 0 aromatic heterocycles. The Morgan fingerprint density at radius 3 is 2.82 bits per heavy atom. The number of para-hydroxylation sites is 1. The first kappa shape index (κ1) is 10.3. The van der Waals surface area contributed by atoms with Gasteiger partial charge in [-0.25, -0.2) is 0 Å². The molecule has 1 atom stereocenters. The first-order valence-electron chi connectivity index (χ1n) is 5.90. The number of hydrogen-bond acceptors (Lipinski definition) is 2. The third-order valence-corrected chi connectivity index (χ3v) is 3.60. The molecule has 0 aliphatic carbocycles. The number of anilines is 1. The van der Waals surface area contributed by atoms with E-state index in [2.05, 4.69) is 0 Å². The van der Waals surface area contributed by atoms with Gasteiger partial charge in [-0.1, -0.05) is 18.2 Å². The van der Waals surface area contributed by atoms with E-state index in [0.29, 0.717) is 12.8 Å². The molecule has 1 aromatic rings. The number of hydrogen-bond donors (Lipinski definition) is 1. The molecule has 0 bridgehead atoms. The highest BCUT2D eigenvalue weighted by Crippen LogP contribution is 2.38. The van der Waals surface area contributed by atoms with Crippen molar-refractivity contribution in [2.75, 3.05) is 4.90 Å². The molecule has 1 unspecified atom stereocenters. The zero-order chi connectivity index (χ0) is 12.0. The van der Waals surface area contributed by atoms with E-state index in [1.54, 1.807) is 4.90 Å². The number of carbonyl (C=O) groups is 2. The average molecular weight is 230 g/mol. The minimum atomic E-state index is -0.489. The van der Waals surface area contributed by atoms with E-state index in [-0.39, 0.29) is 5.91 Å². The molecule has 1 aromatic carbocycles. The minimum absolute atomic E-state index is 0.0255. The van der Waals surface area contributed by atoms with E-state index in [1.807, 2.05) is 18.2 Å². The van der Waals surface area contributed by atoms with Crippen molar-refractivity contribution in [3.8, 4) is 0 Å². The predicted octanol–water partition coefficient (Wildman–Crippen LogP) is 0.766. The van der Waals surface area contributed by atoms with Crippen LogP contribution in [0, 0.1) is 0 Å². The standard InChI is InChI=1S/C13H14N2O2/c14-13(17)10-7-9-5-1-3-8-4-2-6-11(16)15(10)12(8)9/h1,3,5,10H,2,4,6-7H2,(H2,14,17). The summed E-state index contributed by atoms with van der Waals surface area (Å²) in [5.41, 5.74) is 8.58. The smallest absolute Gasteiger partial charge is 0.240 e. The van der Waals surface area contributed by atoms with Crippen molar-refractivity contribution in [3.63, 3.8) is 0 Å². The quantitative estimate of drug-likeness (QED) is 0.774. The van der Waals surface area contributed by atoms with Crippen LogP contribution >= 0.6 is 0 Å². The van der Waals surface area contributed by atoms with E-state index in [9.17, 15) is 9.59 Å². The Kier molecular flexibility index (Phi) is 2.18. The molecule has 0 spiro atoms. The molecule has 2 heterocycles. The zero-order valence-corrected chi connectivity index (χ0v) is 9.48. The second-order valence-electron chi connectivity index (χ2n) is 4.66. The third-order valence-electron chi connectivity index (χ3n) is 3.60. The lowest BCUT2D eigenvalue weighted by Crippen LogP contribution is -2.45. The summed E-state index contributed by atoms with van der Waals surface area (Å²) in [4.78, 5) is 25.2. The lowest BCUT2D eigenvalue weighted by atomic mass is 10.0. The number of aryl methyl sites for hydroxylation is 1. The van der Waals surface area contributed by atoms with E-state index < -0.39 is 11.9 Å². The van der Waals surface area contributed by atoms with Crippen molar-refractivity contribution in [3.05, 3.63) is 29.3 Å². The molecule has 0 fully saturated rings. The molecule has 2 aliphatic rings. The maximum atomic E-state index is 12.1. The molecular weight excluding hydrogens is 216 g/mol. The largest absolute Gasteiger partial charge is 0.368 e. The maximum Gasteiger partial charge on any atom is 0.240 e. The fourth-order valence-electron chi connectivity index (χ4n) is 2.85. The fraction of sp³-hybridized carbons (Fsp3) is 0.385. The number of nitrogens with two attached hydrogens (primary N) is 1. The Morgan fingerprint density at radius 2 is 2.06 bits per heavy atom. The normalized spacial score (nSPS) is 22.2. The number of benzene rings is 1. The van der Waals surface area contributed by atoms with Gasteiger partial charge < -0.3 is 5.73 Å². The second kappa shape index (κ2) is 3.58. The Morgan fingerprint density at radius 1 is 1.29 bits per heavy atom. The van der Waals surface area contributed by atoms with Crippen LogP contribution in [0.3, 0.4) is 0 Å². The van der Waals surface area contributed by atoms with Crippen LogP contribution < -0.4 is 10.6 Å². The van der Waals surface area contributed by atoms with Crippen LogP contribution in [0.25, 0.3) is 0 Å². The Bertz CT molecular complexity index is 510. The van der Waals surface area contributed by atoms with Crippen LogP contribution in [-0.2, 0) is 22.4 Å². The summed E-state index contributed by atoms with van der Waals surface area (Å²) in [5, 5.41) is 0. The highest BCUT2D eigenvalue weighted by Gasteiger charge is 2.39. The summed E-state index contributed by atoms with van der Waals surface area (Å²) in [6.45, 7) is 0. The Balaban J connectivity index is 2.17. The molecule has 2 aliphatic heterocycles. The summed E-state index contributed by atoms with van der Waals surface area (Å²) in [7, 11) is 0. The molecule has 0 saturated heterocycles. The molecule has 4 nitrogen and oxygen atoms in total. The van der Waals surface area contributed by atoms with Crippen molar-refractivity contribution < 1.29 is 9.59 Å². The van der Waals surface area contributed by atoms with Crippen molar-refractivity contribution in [2.24, 2.45) is 5.73 Å². The van der Waals surface area contributed by atoms with Gasteiger partial charge in [-0.05, 0) is 24.0 Å². The summed E-state index contributed by atoms with van der Waals surface area (Å²) >= 11 is 0. The topological polar surface area (TPSA) is 63.4 Å². The molecule has 17 heavy (non-hydrogen) atoms. The van der Waals surface area contributed by atoms with Gasteiger partial charge in [0.05, 0.1) is 5.69 Å². The molecule has 0 saturated carbocycles. The van der Waals surface area contributed by atoms with Crippen LogP contribution in [0.4, 0.5) is 5.69 Å². The number of rotatable bonds is 1. The number of amides is 2. The van der Waals surface area contributed by atoms with Gasteiger partial charge in [-0.3, -0.25) is 14.5 Å². The van der Waals surface area contributed by atoms with E-state index in [4.69, 9.17) is 5.73 Å². The molecule has 3 rings (SSSR count). The molecule has 2 amide bonds. The van der Waals surface area contributed by atoms with Crippen molar-refractivity contribution >= 4 is 17.5 Å². The van der Waals surface area contributed by atoms with Crippen LogP contribution in [0.15, 0.2) is 18.2 Å². The van der Waals surface area contributed by atoms with Gasteiger partial charge in [0.15, 0.2) is 0 Å². The minimum Gasteiger partial charge on any atom is -0.368 e. The number of nitrogens with zero attached hydrogens (tertiary/aromatic N) is 1. The summed E-state index contributed by atoms with van der Waals surface area (Å²) in [6.07, 6.45) is 2.80. The molecule has 0 radical (unpaired) electrons. The Hall–Kier alpha value is -1.84. The molecule has 2 N–H and O–H groups in total. The summed E-state index contributed by atoms with van der Waals surface area (Å²) < 4.78 is 0. The van der Waals surface area contributed by atoms with Gasteiger partial charge in [-0.15, -0.1) is 0 Å². The predicted molar refractivity (Wildman–Crippen MR) is 63.6 cm³/mol. The van der Waals surface area contributed by atoms with Gasteiger partial charge in [0.25, 0.3) is 0 Å². The second-order valence-corrected chi connectivity index (χ2v) is 4.66. The van der Waals surface area contributed by atoms with Crippen molar-refractivity contribution in [1.82, 2.24) is 0 Å². The van der Waals surface area contributed by atoms with Gasteiger partial charge in [0, 0.05) is 12.8 Å². The maximum absolute atomic E-state index is 12.1. The van der Waals surface area contributed by atoms with Crippen LogP contribution in [0.1, 0.15) is 24.0 Å². The molecule has 4 heteroatoms. The molecule has 88 valence electrons. The van der Waals surface area contributed by atoms with Crippen molar-refractivity contribution in [1.29, 1.82) is 0 Å². The van der Waals surface area contributed by atoms with Gasteiger partial charge in [-0.2, -0.15) is 0 Å². The summed E-state index contributed by atoms with van der Waals surface area (Å²) in [5.74, 6) is -0.389. The van der Waals surface area contributed by atoms with E-state index in [1.165, 1.54) is 0 Å². The first-order chi connectivity index (χ1) is 8.18. The lowest BCUT2D eigenvalue weighted by Gasteiger charge is -2.22. The molecular formula is C13H14N2O2. The average Bonchev–Trinajstić information content (AvgIpc) is 2.60. The van der Waals surface area contributed by atoms with Crippen molar-refractivity contribution in [2.45, 2.75) is 31.7 Å². The third kappa shape index (κ3) is 1.44. The number of primary amides is 1. The number of carbonyl (C=O) groups excluding carboxylic acids is 2. The van der Waals surface area contributed by atoms with E-state index in [0.717, 1.165) is 29.7 Å². The highest BCUT2D eigenvalue weighted by atomic mass is 16.2. The summed E-state index contributed by atoms with van der Waals surface area (Å²) in [6, 6.07) is 5.52.